The number of furan rings is 1. The van der Waals surface area contributed by atoms with E-state index in [4.69, 9.17) is 20.8 Å². The van der Waals surface area contributed by atoms with Crippen molar-refractivity contribution >= 4 is 23.4 Å². The predicted molar refractivity (Wildman–Crippen MR) is 126 cm³/mol. The molecule has 0 spiro atoms. The highest BCUT2D eigenvalue weighted by Crippen LogP contribution is 2.30. The summed E-state index contributed by atoms with van der Waals surface area (Å²) >= 11 is 6.43. The molecule has 1 N–H and O–H groups in total. The Morgan fingerprint density at radius 2 is 1.91 bits per heavy atom. The Morgan fingerprint density at radius 1 is 1.12 bits per heavy atom. The summed E-state index contributed by atoms with van der Waals surface area (Å²) < 4.78 is 10.8. The van der Waals surface area contributed by atoms with Crippen LogP contribution >= 0.6 is 11.6 Å². The third-order valence-electron chi connectivity index (χ3n) is 5.96. The fraction of sp³-hybridized carbons (Fsp3) is 0.308. The van der Waals surface area contributed by atoms with Crippen molar-refractivity contribution in [3.05, 3.63) is 88.8 Å². The van der Waals surface area contributed by atoms with Crippen molar-refractivity contribution in [2.24, 2.45) is 0 Å². The number of methoxy groups -OCH3 is 1. The van der Waals surface area contributed by atoms with Gasteiger partial charge in [-0.15, -0.1) is 0 Å². The number of ether oxygens (including phenoxy) is 1. The molecule has 7 heteroatoms. The predicted octanol–water partition coefficient (Wildman–Crippen LogP) is 5.38. The number of carbonyl (C=O) groups is 2. The maximum atomic E-state index is 13.7. The highest BCUT2D eigenvalue weighted by atomic mass is 35.5. The van der Waals surface area contributed by atoms with Gasteiger partial charge in [0.2, 0.25) is 5.91 Å². The molecule has 0 saturated heterocycles. The monoisotopic (exact) mass is 466 g/mol. The van der Waals surface area contributed by atoms with Gasteiger partial charge < -0.3 is 19.4 Å². The molecular formula is C26H27ClN2O4. The smallest absolute Gasteiger partial charge is 0.290 e. The van der Waals surface area contributed by atoms with Gasteiger partial charge in [0, 0.05) is 17.6 Å². The first-order valence-electron chi connectivity index (χ1n) is 11.1. The van der Waals surface area contributed by atoms with Crippen molar-refractivity contribution in [3.8, 4) is 5.75 Å². The largest absolute Gasteiger partial charge is 0.497 e. The first-order valence-corrected chi connectivity index (χ1v) is 11.5. The fourth-order valence-corrected chi connectivity index (χ4v) is 4.46. The van der Waals surface area contributed by atoms with E-state index in [1.807, 2.05) is 36.4 Å². The van der Waals surface area contributed by atoms with Crippen LogP contribution in [0.25, 0.3) is 0 Å². The molecule has 2 aromatic carbocycles. The van der Waals surface area contributed by atoms with E-state index in [-0.39, 0.29) is 24.3 Å². The lowest BCUT2D eigenvalue weighted by molar-refractivity contribution is -0.126. The van der Waals surface area contributed by atoms with Gasteiger partial charge in [0.1, 0.15) is 11.8 Å². The minimum atomic E-state index is -0.894. The summed E-state index contributed by atoms with van der Waals surface area (Å²) in [7, 11) is 1.57. The van der Waals surface area contributed by atoms with Crippen molar-refractivity contribution in [1.82, 2.24) is 10.2 Å². The number of benzene rings is 2. The van der Waals surface area contributed by atoms with Crippen LogP contribution in [0.2, 0.25) is 5.02 Å². The molecule has 33 heavy (non-hydrogen) atoms. The highest BCUT2D eigenvalue weighted by molar-refractivity contribution is 6.31. The number of carbonyl (C=O) groups excluding carboxylic acids is 2. The minimum Gasteiger partial charge on any atom is -0.497 e. The molecule has 6 nitrogen and oxygen atoms in total. The third-order valence-corrected chi connectivity index (χ3v) is 6.33. The van der Waals surface area contributed by atoms with Gasteiger partial charge in [0.25, 0.3) is 5.91 Å². The summed E-state index contributed by atoms with van der Waals surface area (Å²) in [4.78, 5) is 28.8. The lowest BCUT2D eigenvalue weighted by Crippen LogP contribution is -2.45. The lowest BCUT2D eigenvalue weighted by atomic mass is 10.0. The second-order valence-electron chi connectivity index (χ2n) is 8.17. The maximum Gasteiger partial charge on any atom is 0.290 e. The number of hydrogen-bond acceptors (Lipinski definition) is 4. The molecule has 1 aliphatic carbocycles. The van der Waals surface area contributed by atoms with Crippen LogP contribution in [0.1, 0.15) is 53.4 Å². The summed E-state index contributed by atoms with van der Waals surface area (Å²) in [5.74, 6) is 0.134. The Morgan fingerprint density at radius 3 is 2.61 bits per heavy atom. The fourth-order valence-electron chi connectivity index (χ4n) is 4.27. The van der Waals surface area contributed by atoms with Gasteiger partial charge in [-0.1, -0.05) is 54.8 Å². The van der Waals surface area contributed by atoms with Gasteiger partial charge in [-0.25, -0.2) is 0 Å². The average molecular weight is 467 g/mol. The second-order valence-corrected chi connectivity index (χ2v) is 8.58. The minimum absolute atomic E-state index is 0.103. The Balaban J connectivity index is 1.77. The Kier molecular flexibility index (Phi) is 7.35. The van der Waals surface area contributed by atoms with E-state index in [9.17, 15) is 9.59 Å². The summed E-state index contributed by atoms with van der Waals surface area (Å²) in [6.45, 7) is 0.138. The molecule has 1 atom stereocenters. The van der Waals surface area contributed by atoms with Gasteiger partial charge in [0.15, 0.2) is 5.76 Å². The molecule has 0 aliphatic heterocycles. The molecule has 1 heterocycles. The van der Waals surface area contributed by atoms with Crippen LogP contribution in [0, 0.1) is 0 Å². The van der Waals surface area contributed by atoms with Crippen LogP contribution in [0.5, 0.6) is 5.75 Å². The molecule has 2 amide bonds. The highest BCUT2D eigenvalue weighted by Gasteiger charge is 2.35. The summed E-state index contributed by atoms with van der Waals surface area (Å²) in [5, 5.41) is 3.68. The zero-order valence-electron chi connectivity index (χ0n) is 18.5. The van der Waals surface area contributed by atoms with Crippen molar-refractivity contribution < 1.29 is 18.7 Å². The average Bonchev–Trinajstić information content (AvgIpc) is 3.54. The molecule has 0 radical (unpaired) electrons. The van der Waals surface area contributed by atoms with Crippen molar-refractivity contribution in [2.45, 2.75) is 44.3 Å². The number of nitrogens with zero attached hydrogens (tertiary/aromatic N) is 1. The van der Waals surface area contributed by atoms with Gasteiger partial charge >= 0.3 is 0 Å². The molecule has 3 aromatic rings. The van der Waals surface area contributed by atoms with E-state index < -0.39 is 11.9 Å². The quantitative estimate of drug-likeness (QED) is 0.483. The summed E-state index contributed by atoms with van der Waals surface area (Å²) in [5.41, 5.74) is 1.39. The van der Waals surface area contributed by atoms with E-state index in [0.717, 1.165) is 31.2 Å². The number of nitrogens with one attached hydrogen (secondary N) is 1. The molecule has 0 bridgehead atoms. The van der Waals surface area contributed by atoms with Crippen LogP contribution in [-0.2, 0) is 11.3 Å². The zero-order chi connectivity index (χ0) is 23.2. The Labute approximate surface area is 198 Å². The lowest BCUT2D eigenvalue weighted by Gasteiger charge is -2.32. The number of hydrogen-bond donors (Lipinski definition) is 1. The van der Waals surface area contributed by atoms with E-state index >= 15 is 0 Å². The number of amides is 2. The molecule has 0 unspecified atom stereocenters. The van der Waals surface area contributed by atoms with Gasteiger partial charge in [-0.05, 0) is 54.3 Å². The van der Waals surface area contributed by atoms with E-state index in [1.54, 1.807) is 31.4 Å². The summed E-state index contributed by atoms with van der Waals surface area (Å²) in [6, 6.07) is 17.0. The molecule has 4 rings (SSSR count). The Bertz CT molecular complexity index is 1090. The van der Waals surface area contributed by atoms with Gasteiger partial charge in [-0.3, -0.25) is 9.59 Å². The molecule has 1 aromatic heterocycles. The normalized spacial score (nSPS) is 14.6. The zero-order valence-corrected chi connectivity index (χ0v) is 19.3. The third kappa shape index (κ3) is 5.40. The molecular weight excluding hydrogens is 440 g/mol. The van der Waals surface area contributed by atoms with Crippen LogP contribution in [0.4, 0.5) is 0 Å². The SMILES string of the molecule is COc1cccc([C@@H](C(=O)NC2CCCC2)N(Cc2ccccc2Cl)C(=O)c2ccco2)c1. The summed E-state index contributed by atoms with van der Waals surface area (Å²) in [6.07, 6.45) is 5.49. The van der Waals surface area contributed by atoms with Crippen molar-refractivity contribution in [3.63, 3.8) is 0 Å². The first-order chi connectivity index (χ1) is 16.1. The van der Waals surface area contributed by atoms with Crippen LogP contribution in [0.15, 0.2) is 71.3 Å². The van der Waals surface area contributed by atoms with Crippen LogP contribution in [-0.4, -0.2) is 29.9 Å². The first kappa shape index (κ1) is 22.9. The number of halogens is 1. The molecule has 172 valence electrons. The van der Waals surface area contributed by atoms with Crippen LogP contribution in [0.3, 0.4) is 0 Å². The molecule has 1 aliphatic rings. The number of rotatable bonds is 8. The van der Waals surface area contributed by atoms with Gasteiger partial charge in [0.05, 0.1) is 13.4 Å². The van der Waals surface area contributed by atoms with Crippen molar-refractivity contribution in [1.29, 1.82) is 0 Å². The van der Waals surface area contributed by atoms with E-state index in [2.05, 4.69) is 5.32 Å². The topological polar surface area (TPSA) is 71.8 Å². The van der Waals surface area contributed by atoms with Gasteiger partial charge in [-0.2, -0.15) is 0 Å². The van der Waals surface area contributed by atoms with E-state index in [1.165, 1.54) is 11.2 Å². The maximum absolute atomic E-state index is 13.7. The standard InChI is InChI=1S/C26H27ClN2O4/c1-32-21-12-6-9-18(16-21)24(25(30)28-20-10-3-4-11-20)29(26(31)23-14-7-15-33-23)17-19-8-2-5-13-22(19)27/h2,5-9,12-16,20,24H,3-4,10-11,17H2,1H3,(H,28,30)/t24-/m0/s1. The molecule has 1 fully saturated rings. The van der Waals surface area contributed by atoms with Crippen molar-refractivity contribution in [2.75, 3.05) is 7.11 Å². The Hall–Kier alpha value is -3.25. The second kappa shape index (κ2) is 10.6. The molecule has 1 saturated carbocycles. The van der Waals surface area contributed by atoms with E-state index in [0.29, 0.717) is 16.3 Å². The van der Waals surface area contributed by atoms with Crippen LogP contribution < -0.4 is 10.1 Å².